The zero-order valence-corrected chi connectivity index (χ0v) is 14.8. The van der Waals surface area contributed by atoms with Gasteiger partial charge in [-0.1, -0.05) is 50.8 Å². The van der Waals surface area contributed by atoms with Gasteiger partial charge in [-0.15, -0.1) is 0 Å². The first-order valence-corrected chi connectivity index (χ1v) is 8.58. The fourth-order valence-corrected chi connectivity index (χ4v) is 2.77. The summed E-state index contributed by atoms with van der Waals surface area (Å²) in [6.07, 6.45) is 13.7. The second kappa shape index (κ2) is 9.55. The van der Waals surface area contributed by atoms with E-state index in [-0.39, 0.29) is 0 Å². The Bertz CT molecular complexity index is 431. The van der Waals surface area contributed by atoms with Crippen LogP contribution in [0.15, 0.2) is 48.4 Å². The predicted molar refractivity (Wildman–Crippen MR) is 98.4 cm³/mol. The van der Waals surface area contributed by atoms with Crippen molar-refractivity contribution in [1.82, 2.24) is 4.90 Å². The number of allylic oxidation sites excluding steroid dienone is 6. The molecule has 22 heavy (non-hydrogen) atoms. The topological polar surface area (TPSA) is 29.3 Å². The van der Waals surface area contributed by atoms with Gasteiger partial charge in [-0.05, 0) is 50.4 Å². The monoisotopic (exact) mass is 302 g/mol. The first-order valence-electron chi connectivity index (χ1n) is 8.58. The van der Waals surface area contributed by atoms with Crippen LogP contribution in [0.3, 0.4) is 0 Å². The van der Waals surface area contributed by atoms with Crippen molar-refractivity contribution in [2.45, 2.75) is 52.4 Å². The standard InChI is InChI=1S/C20H34N2/c1-16-9-11-20(12-10-16)8-6-7-19(4)22(5)14-13-17(2)15-18(3)21/h9,11-12,16-17H,3-4,6-8,10,13-15,21H2,1-2,5H3. The molecule has 2 nitrogen and oxygen atoms in total. The summed E-state index contributed by atoms with van der Waals surface area (Å²) in [5.74, 6) is 1.30. The molecule has 1 aliphatic carbocycles. The molecule has 0 heterocycles. The van der Waals surface area contributed by atoms with Crippen LogP contribution in [0, 0.1) is 11.8 Å². The molecule has 2 atom stereocenters. The summed E-state index contributed by atoms with van der Waals surface area (Å²) in [7, 11) is 2.15. The number of rotatable bonds is 10. The number of nitrogens with two attached hydrogens (primary N) is 1. The van der Waals surface area contributed by atoms with Gasteiger partial charge >= 0.3 is 0 Å². The van der Waals surface area contributed by atoms with E-state index >= 15 is 0 Å². The number of hydrogen-bond donors (Lipinski definition) is 1. The molecule has 0 aromatic carbocycles. The Balaban J connectivity index is 2.19. The van der Waals surface area contributed by atoms with Gasteiger partial charge in [-0.3, -0.25) is 0 Å². The van der Waals surface area contributed by atoms with Gasteiger partial charge in [0.15, 0.2) is 0 Å². The first-order chi connectivity index (χ1) is 10.4. The molecule has 1 rings (SSSR count). The average Bonchev–Trinajstić information content (AvgIpc) is 2.46. The van der Waals surface area contributed by atoms with Gasteiger partial charge in [0.1, 0.15) is 0 Å². The molecule has 2 unspecified atom stereocenters. The summed E-state index contributed by atoms with van der Waals surface area (Å²) < 4.78 is 0. The van der Waals surface area contributed by atoms with E-state index in [4.69, 9.17) is 5.73 Å². The van der Waals surface area contributed by atoms with Crippen molar-refractivity contribution >= 4 is 0 Å². The van der Waals surface area contributed by atoms with E-state index in [2.05, 4.69) is 57.2 Å². The fourth-order valence-electron chi connectivity index (χ4n) is 2.77. The third kappa shape index (κ3) is 7.53. The van der Waals surface area contributed by atoms with E-state index in [1.807, 2.05) is 0 Å². The van der Waals surface area contributed by atoms with Crippen LogP contribution >= 0.6 is 0 Å². The molecule has 2 N–H and O–H groups in total. The molecule has 0 spiro atoms. The lowest BCUT2D eigenvalue weighted by atomic mass is 9.95. The lowest BCUT2D eigenvalue weighted by molar-refractivity contribution is 0.355. The molecule has 0 amide bonds. The number of nitrogens with zero attached hydrogens (tertiary/aromatic N) is 1. The molecule has 1 aliphatic rings. The van der Waals surface area contributed by atoms with Gasteiger partial charge in [0, 0.05) is 25.0 Å². The van der Waals surface area contributed by atoms with Gasteiger partial charge in [-0.25, -0.2) is 0 Å². The van der Waals surface area contributed by atoms with E-state index in [1.54, 1.807) is 0 Å². The van der Waals surface area contributed by atoms with E-state index in [0.29, 0.717) is 11.8 Å². The highest BCUT2D eigenvalue weighted by atomic mass is 15.1. The molecule has 0 aromatic rings. The van der Waals surface area contributed by atoms with Gasteiger partial charge in [0.05, 0.1) is 0 Å². The normalized spacial score (nSPS) is 18.7. The molecule has 0 aliphatic heterocycles. The Morgan fingerprint density at radius 3 is 2.77 bits per heavy atom. The molecule has 2 heteroatoms. The summed E-state index contributed by atoms with van der Waals surface area (Å²) in [4.78, 5) is 2.29. The Hall–Kier alpha value is -1.44. The smallest absolute Gasteiger partial charge is 0.0174 e. The van der Waals surface area contributed by atoms with E-state index < -0.39 is 0 Å². The molecule has 0 bridgehead atoms. The second-order valence-electron chi connectivity index (χ2n) is 6.95. The zero-order valence-electron chi connectivity index (χ0n) is 14.8. The van der Waals surface area contributed by atoms with Crippen LogP contribution in [0.1, 0.15) is 52.4 Å². The van der Waals surface area contributed by atoms with Crippen LogP contribution in [0.5, 0.6) is 0 Å². The molecule has 0 saturated heterocycles. The van der Waals surface area contributed by atoms with Gasteiger partial charge in [0.25, 0.3) is 0 Å². The Morgan fingerprint density at radius 2 is 2.18 bits per heavy atom. The van der Waals surface area contributed by atoms with Gasteiger partial charge < -0.3 is 10.6 Å². The van der Waals surface area contributed by atoms with Crippen LogP contribution < -0.4 is 5.73 Å². The maximum atomic E-state index is 5.67. The maximum Gasteiger partial charge on any atom is 0.0174 e. The summed E-state index contributed by atoms with van der Waals surface area (Å²) in [6.45, 7) is 13.6. The molecule has 124 valence electrons. The zero-order chi connectivity index (χ0) is 16.5. The SMILES string of the molecule is C=C(N)CC(C)CCN(C)C(=C)CCCC1=CCC(C)C=C1. The van der Waals surface area contributed by atoms with Gasteiger partial charge in [0.2, 0.25) is 0 Å². The molecular weight excluding hydrogens is 268 g/mol. The third-order valence-corrected chi connectivity index (χ3v) is 4.43. The first kappa shape index (κ1) is 18.6. The van der Waals surface area contributed by atoms with Crippen molar-refractivity contribution < 1.29 is 0 Å². The summed E-state index contributed by atoms with van der Waals surface area (Å²) >= 11 is 0. The highest BCUT2D eigenvalue weighted by Crippen LogP contribution is 2.21. The fraction of sp³-hybridized carbons (Fsp3) is 0.600. The molecular formula is C20H34N2. The minimum absolute atomic E-state index is 0.590. The van der Waals surface area contributed by atoms with Gasteiger partial charge in [-0.2, -0.15) is 0 Å². The highest BCUT2D eigenvalue weighted by molar-refractivity contribution is 5.23. The van der Waals surface area contributed by atoms with Crippen molar-refractivity contribution in [3.05, 3.63) is 48.4 Å². The Kier molecular flexibility index (Phi) is 8.08. The van der Waals surface area contributed by atoms with Crippen molar-refractivity contribution in [2.24, 2.45) is 17.6 Å². The van der Waals surface area contributed by atoms with Crippen LogP contribution in [0.25, 0.3) is 0 Å². The Morgan fingerprint density at radius 1 is 1.45 bits per heavy atom. The molecule has 0 aromatic heterocycles. The number of hydrogen-bond acceptors (Lipinski definition) is 2. The minimum atomic E-state index is 0.590. The minimum Gasteiger partial charge on any atom is -0.403 e. The largest absolute Gasteiger partial charge is 0.403 e. The van der Waals surface area contributed by atoms with Crippen LogP contribution in [0.2, 0.25) is 0 Å². The second-order valence-corrected chi connectivity index (χ2v) is 6.95. The summed E-state index contributed by atoms with van der Waals surface area (Å²) in [5.41, 5.74) is 9.19. The summed E-state index contributed by atoms with van der Waals surface area (Å²) in [6, 6.07) is 0. The van der Waals surface area contributed by atoms with Crippen LogP contribution in [0.4, 0.5) is 0 Å². The molecule has 0 fully saturated rings. The van der Waals surface area contributed by atoms with Crippen LogP contribution in [-0.4, -0.2) is 18.5 Å². The predicted octanol–water partition coefficient (Wildman–Crippen LogP) is 5.01. The van der Waals surface area contributed by atoms with Crippen molar-refractivity contribution in [3.63, 3.8) is 0 Å². The van der Waals surface area contributed by atoms with Crippen molar-refractivity contribution in [3.8, 4) is 0 Å². The quantitative estimate of drug-likeness (QED) is 0.614. The molecule has 0 radical (unpaired) electrons. The lowest BCUT2D eigenvalue weighted by Gasteiger charge is -2.24. The van der Waals surface area contributed by atoms with E-state index in [0.717, 1.165) is 31.5 Å². The van der Waals surface area contributed by atoms with Crippen LogP contribution in [-0.2, 0) is 0 Å². The Labute approximate surface area is 137 Å². The van der Waals surface area contributed by atoms with Crippen molar-refractivity contribution in [2.75, 3.05) is 13.6 Å². The average molecular weight is 303 g/mol. The maximum absolute atomic E-state index is 5.67. The highest BCUT2D eigenvalue weighted by Gasteiger charge is 2.08. The summed E-state index contributed by atoms with van der Waals surface area (Å²) in [5, 5.41) is 0. The van der Waals surface area contributed by atoms with Crippen molar-refractivity contribution in [1.29, 1.82) is 0 Å². The third-order valence-electron chi connectivity index (χ3n) is 4.43. The molecule has 0 saturated carbocycles. The van der Waals surface area contributed by atoms with E-state index in [1.165, 1.54) is 30.5 Å². The van der Waals surface area contributed by atoms with E-state index in [9.17, 15) is 0 Å². The lowest BCUT2D eigenvalue weighted by Crippen LogP contribution is -2.20.